The highest BCUT2D eigenvalue weighted by molar-refractivity contribution is 5.85. The highest BCUT2D eigenvalue weighted by Crippen LogP contribution is 2.18. The largest absolute Gasteiger partial charge is 0.444 e. The van der Waals surface area contributed by atoms with E-state index >= 15 is 0 Å². The molecule has 0 aliphatic heterocycles. The Morgan fingerprint density at radius 2 is 1.90 bits per heavy atom. The van der Waals surface area contributed by atoms with Crippen molar-refractivity contribution < 1.29 is 9.53 Å². The first-order valence-electron chi connectivity index (χ1n) is 6.16. The number of nitrogens with one attached hydrogen (secondary N) is 1. The summed E-state index contributed by atoms with van der Waals surface area (Å²) >= 11 is 0. The lowest BCUT2D eigenvalue weighted by Crippen LogP contribution is -2.27. The zero-order valence-electron chi connectivity index (χ0n) is 11.6. The van der Waals surface area contributed by atoms with Crippen LogP contribution in [0.1, 0.15) is 20.8 Å². The summed E-state index contributed by atoms with van der Waals surface area (Å²) in [5.41, 5.74) is 0.709. The van der Waals surface area contributed by atoms with Gasteiger partial charge in [-0.05, 0) is 32.9 Å². The summed E-state index contributed by atoms with van der Waals surface area (Å²) in [5.74, 6) is 0.549. The normalized spacial score (nSPS) is 10.9. The number of anilines is 1. The van der Waals surface area contributed by atoms with Gasteiger partial charge < -0.3 is 4.74 Å². The maximum atomic E-state index is 11.7. The Morgan fingerprint density at radius 3 is 2.55 bits per heavy atom. The number of nitrogens with zero attached hydrogens (tertiary/aromatic N) is 3. The van der Waals surface area contributed by atoms with Crippen molar-refractivity contribution in [2.24, 2.45) is 0 Å². The fraction of sp³-hybridized carbons (Fsp3) is 0.286. The number of hydrogen-bond acceptors (Lipinski definition) is 5. The van der Waals surface area contributed by atoms with Crippen LogP contribution in [0, 0.1) is 0 Å². The summed E-state index contributed by atoms with van der Waals surface area (Å²) in [6.45, 7) is 5.41. The number of pyridine rings is 1. The van der Waals surface area contributed by atoms with Gasteiger partial charge in [-0.25, -0.2) is 14.8 Å². The summed E-state index contributed by atoms with van der Waals surface area (Å²) in [5, 5.41) is 2.63. The first-order valence-corrected chi connectivity index (χ1v) is 6.16. The van der Waals surface area contributed by atoms with Crippen molar-refractivity contribution in [2.45, 2.75) is 26.4 Å². The monoisotopic (exact) mass is 272 g/mol. The Balaban J connectivity index is 2.13. The molecule has 6 nitrogen and oxygen atoms in total. The van der Waals surface area contributed by atoms with E-state index in [1.807, 2.05) is 0 Å². The first kappa shape index (κ1) is 13.9. The molecule has 0 spiro atoms. The number of rotatable bonds is 2. The molecular formula is C14H16N4O2. The molecule has 6 heteroatoms. The molecule has 0 saturated heterocycles. The number of hydrogen-bond donors (Lipinski definition) is 1. The van der Waals surface area contributed by atoms with E-state index in [-0.39, 0.29) is 0 Å². The SMILES string of the molecule is CC(C)(C)OC(=O)Nc1cncc(-c2ncccn2)c1. The second kappa shape index (κ2) is 5.64. The highest BCUT2D eigenvalue weighted by atomic mass is 16.6. The number of carbonyl (C=O) groups excluding carboxylic acids is 1. The predicted octanol–water partition coefficient (Wildman–Crippen LogP) is 2.89. The Hall–Kier alpha value is -2.50. The molecule has 1 N–H and O–H groups in total. The van der Waals surface area contributed by atoms with Crippen molar-refractivity contribution >= 4 is 11.8 Å². The molecule has 20 heavy (non-hydrogen) atoms. The number of carbonyl (C=O) groups is 1. The van der Waals surface area contributed by atoms with Gasteiger partial charge in [-0.1, -0.05) is 0 Å². The molecule has 0 bridgehead atoms. The van der Waals surface area contributed by atoms with Crippen LogP contribution >= 0.6 is 0 Å². The number of amides is 1. The minimum Gasteiger partial charge on any atom is -0.444 e. The van der Waals surface area contributed by atoms with Crippen molar-refractivity contribution in [3.8, 4) is 11.4 Å². The van der Waals surface area contributed by atoms with Crippen LogP contribution < -0.4 is 5.32 Å². The lowest BCUT2D eigenvalue weighted by atomic mass is 10.2. The van der Waals surface area contributed by atoms with Crippen molar-refractivity contribution in [1.29, 1.82) is 0 Å². The molecule has 0 unspecified atom stereocenters. The van der Waals surface area contributed by atoms with Crippen LogP contribution in [-0.2, 0) is 4.74 Å². The van der Waals surface area contributed by atoms with Gasteiger partial charge in [0.25, 0.3) is 0 Å². The minimum atomic E-state index is -0.544. The van der Waals surface area contributed by atoms with E-state index in [1.165, 1.54) is 6.20 Å². The van der Waals surface area contributed by atoms with Crippen LogP contribution in [0.3, 0.4) is 0 Å². The van der Waals surface area contributed by atoms with Gasteiger partial charge in [-0.2, -0.15) is 0 Å². The van der Waals surface area contributed by atoms with Crippen LogP contribution in [0.2, 0.25) is 0 Å². The molecule has 0 atom stereocenters. The third-order valence-electron chi connectivity index (χ3n) is 2.21. The van der Waals surface area contributed by atoms with E-state index in [0.717, 1.165) is 5.56 Å². The molecule has 2 heterocycles. The molecule has 2 rings (SSSR count). The van der Waals surface area contributed by atoms with Gasteiger partial charge in [0, 0.05) is 24.2 Å². The Morgan fingerprint density at radius 1 is 1.20 bits per heavy atom. The molecule has 0 aromatic carbocycles. The number of aromatic nitrogens is 3. The third-order valence-corrected chi connectivity index (χ3v) is 2.21. The summed E-state index contributed by atoms with van der Waals surface area (Å²) in [4.78, 5) is 24.0. The summed E-state index contributed by atoms with van der Waals surface area (Å²) in [7, 11) is 0. The summed E-state index contributed by atoms with van der Waals surface area (Å²) in [6.07, 6.45) is 5.95. The van der Waals surface area contributed by atoms with Crippen LogP contribution in [0.25, 0.3) is 11.4 Å². The van der Waals surface area contributed by atoms with Gasteiger partial charge in [0.1, 0.15) is 5.60 Å². The van der Waals surface area contributed by atoms with Crippen LogP contribution in [0.5, 0.6) is 0 Å². The standard InChI is InChI=1S/C14H16N4O2/c1-14(2,3)20-13(19)18-11-7-10(8-15-9-11)12-16-5-4-6-17-12/h4-9H,1-3H3,(H,18,19). The molecular weight excluding hydrogens is 256 g/mol. The minimum absolute atomic E-state index is 0.523. The molecule has 2 aromatic heterocycles. The summed E-state index contributed by atoms with van der Waals surface area (Å²) < 4.78 is 5.18. The van der Waals surface area contributed by atoms with E-state index in [0.29, 0.717) is 11.5 Å². The molecule has 0 aliphatic carbocycles. The predicted molar refractivity (Wildman–Crippen MR) is 75.1 cm³/mol. The Kier molecular flexibility index (Phi) is 3.93. The molecule has 0 radical (unpaired) electrons. The molecule has 104 valence electrons. The topological polar surface area (TPSA) is 77.0 Å². The quantitative estimate of drug-likeness (QED) is 0.909. The van der Waals surface area contributed by atoms with Gasteiger partial charge in [-0.3, -0.25) is 10.3 Å². The van der Waals surface area contributed by atoms with E-state index in [1.54, 1.807) is 51.5 Å². The molecule has 0 aliphatic rings. The van der Waals surface area contributed by atoms with E-state index in [9.17, 15) is 4.79 Å². The molecule has 2 aromatic rings. The molecule has 1 amide bonds. The maximum Gasteiger partial charge on any atom is 0.412 e. The summed E-state index contributed by atoms with van der Waals surface area (Å²) in [6, 6.07) is 3.48. The zero-order chi connectivity index (χ0) is 14.6. The second-order valence-corrected chi connectivity index (χ2v) is 5.16. The Labute approximate surface area is 117 Å². The van der Waals surface area contributed by atoms with Crippen molar-refractivity contribution in [3.63, 3.8) is 0 Å². The van der Waals surface area contributed by atoms with Crippen molar-refractivity contribution in [1.82, 2.24) is 15.0 Å². The van der Waals surface area contributed by atoms with Crippen LogP contribution in [-0.4, -0.2) is 26.6 Å². The van der Waals surface area contributed by atoms with Crippen LogP contribution in [0.15, 0.2) is 36.9 Å². The zero-order valence-corrected chi connectivity index (χ0v) is 11.6. The highest BCUT2D eigenvalue weighted by Gasteiger charge is 2.16. The van der Waals surface area contributed by atoms with Gasteiger partial charge in [0.2, 0.25) is 0 Å². The van der Waals surface area contributed by atoms with Gasteiger partial charge in [-0.15, -0.1) is 0 Å². The van der Waals surface area contributed by atoms with Crippen molar-refractivity contribution in [2.75, 3.05) is 5.32 Å². The smallest absolute Gasteiger partial charge is 0.412 e. The van der Waals surface area contributed by atoms with Gasteiger partial charge >= 0.3 is 6.09 Å². The molecule has 0 saturated carbocycles. The fourth-order valence-electron chi connectivity index (χ4n) is 1.50. The van der Waals surface area contributed by atoms with E-state index in [2.05, 4.69) is 20.3 Å². The van der Waals surface area contributed by atoms with E-state index < -0.39 is 11.7 Å². The average Bonchev–Trinajstić information content (AvgIpc) is 2.38. The number of ether oxygens (including phenoxy) is 1. The van der Waals surface area contributed by atoms with E-state index in [4.69, 9.17) is 4.74 Å². The van der Waals surface area contributed by atoms with Crippen LogP contribution in [0.4, 0.5) is 10.5 Å². The molecule has 0 fully saturated rings. The first-order chi connectivity index (χ1) is 9.44. The lowest BCUT2D eigenvalue weighted by molar-refractivity contribution is 0.0636. The average molecular weight is 272 g/mol. The fourth-order valence-corrected chi connectivity index (χ4v) is 1.50. The Bertz CT molecular complexity index is 594. The van der Waals surface area contributed by atoms with Gasteiger partial charge in [0.15, 0.2) is 5.82 Å². The second-order valence-electron chi connectivity index (χ2n) is 5.16. The maximum absolute atomic E-state index is 11.7. The lowest BCUT2D eigenvalue weighted by Gasteiger charge is -2.19. The third kappa shape index (κ3) is 4.01. The van der Waals surface area contributed by atoms with Crippen molar-refractivity contribution in [3.05, 3.63) is 36.9 Å². The van der Waals surface area contributed by atoms with Gasteiger partial charge in [0.05, 0.1) is 11.9 Å².